The van der Waals surface area contributed by atoms with Crippen molar-refractivity contribution >= 4 is 21.9 Å². The van der Waals surface area contributed by atoms with Crippen LogP contribution in [-0.4, -0.2) is 24.5 Å². The van der Waals surface area contributed by atoms with Crippen LogP contribution < -0.4 is 0 Å². The number of hydrogen-bond donors (Lipinski definition) is 1. The molecule has 4 heterocycles. The van der Waals surface area contributed by atoms with Gasteiger partial charge >= 0.3 is 0 Å². The summed E-state index contributed by atoms with van der Waals surface area (Å²) in [5.41, 5.74) is 1.98. The van der Waals surface area contributed by atoms with Crippen molar-refractivity contribution in [3.05, 3.63) is 49.3 Å². The molecule has 18 heavy (non-hydrogen) atoms. The number of hydrogen-bond acceptors (Lipinski definition) is 3. The zero-order valence-electron chi connectivity index (χ0n) is 9.41. The van der Waals surface area contributed by atoms with Gasteiger partial charge in [0.25, 0.3) is 0 Å². The molecule has 4 aromatic rings. The quantitative estimate of drug-likeness (QED) is 0.550. The second-order valence-electron chi connectivity index (χ2n) is 4.05. The van der Waals surface area contributed by atoms with Crippen LogP contribution in [0, 0.1) is 0 Å². The molecule has 0 amide bonds. The molecule has 4 rings (SSSR count). The van der Waals surface area contributed by atoms with E-state index in [-0.39, 0.29) is 0 Å². The molecule has 0 aromatic carbocycles. The van der Waals surface area contributed by atoms with Gasteiger partial charge in [0.2, 0.25) is 0 Å². The normalized spacial score (nSPS) is 11.3. The zero-order chi connectivity index (χ0) is 11.9. The maximum atomic E-state index is 4.37. The Kier molecular flexibility index (Phi) is 1.77. The predicted octanol–water partition coefficient (Wildman–Crippen LogP) is 2.30. The summed E-state index contributed by atoms with van der Waals surface area (Å²) in [5, 5.41) is 2.18. The molecule has 0 aliphatic heterocycles. The van der Waals surface area contributed by atoms with Crippen molar-refractivity contribution in [3.8, 4) is 5.82 Å². The minimum atomic E-state index is 0.807. The summed E-state index contributed by atoms with van der Waals surface area (Å²) in [4.78, 5) is 15.9. The van der Waals surface area contributed by atoms with Crippen LogP contribution in [0.15, 0.2) is 49.3 Å². The van der Waals surface area contributed by atoms with Crippen molar-refractivity contribution in [1.29, 1.82) is 0 Å². The molecule has 0 aliphatic rings. The van der Waals surface area contributed by atoms with E-state index in [1.165, 1.54) is 0 Å². The van der Waals surface area contributed by atoms with Crippen LogP contribution in [0.5, 0.6) is 0 Å². The molecular formula is C13H9N5. The molecule has 0 saturated carbocycles. The third-order valence-electron chi connectivity index (χ3n) is 3.03. The maximum absolute atomic E-state index is 4.37. The molecule has 0 radical (unpaired) electrons. The van der Waals surface area contributed by atoms with Crippen molar-refractivity contribution in [1.82, 2.24) is 24.5 Å². The van der Waals surface area contributed by atoms with Gasteiger partial charge in [0.1, 0.15) is 5.65 Å². The Bertz CT molecular complexity index is 828. The van der Waals surface area contributed by atoms with Crippen molar-refractivity contribution in [3.63, 3.8) is 0 Å². The van der Waals surface area contributed by atoms with E-state index in [1.54, 1.807) is 18.6 Å². The summed E-state index contributed by atoms with van der Waals surface area (Å²) >= 11 is 0. The van der Waals surface area contributed by atoms with Crippen molar-refractivity contribution in [2.75, 3.05) is 0 Å². The average Bonchev–Trinajstić information content (AvgIpc) is 3.05. The number of rotatable bonds is 1. The van der Waals surface area contributed by atoms with Gasteiger partial charge in [-0.3, -0.25) is 9.55 Å². The van der Waals surface area contributed by atoms with Gasteiger partial charge in [-0.1, -0.05) is 0 Å². The Morgan fingerprint density at radius 2 is 2.06 bits per heavy atom. The lowest BCUT2D eigenvalue weighted by Gasteiger charge is -2.04. The van der Waals surface area contributed by atoms with E-state index in [9.17, 15) is 0 Å². The molecule has 5 heteroatoms. The first-order valence-corrected chi connectivity index (χ1v) is 5.63. The second kappa shape index (κ2) is 3.40. The minimum Gasteiger partial charge on any atom is -0.346 e. The van der Waals surface area contributed by atoms with Gasteiger partial charge in [-0.25, -0.2) is 9.97 Å². The lowest BCUT2D eigenvalue weighted by Crippen LogP contribution is -1.96. The fourth-order valence-corrected chi connectivity index (χ4v) is 2.24. The van der Waals surface area contributed by atoms with E-state index in [1.807, 2.05) is 35.3 Å². The third kappa shape index (κ3) is 1.18. The number of pyridine rings is 1. The number of aromatic nitrogens is 5. The van der Waals surface area contributed by atoms with Crippen LogP contribution in [0.3, 0.4) is 0 Å². The summed E-state index contributed by atoms with van der Waals surface area (Å²) in [7, 11) is 0. The van der Waals surface area contributed by atoms with Gasteiger partial charge < -0.3 is 4.98 Å². The van der Waals surface area contributed by atoms with E-state index in [2.05, 4.69) is 19.9 Å². The van der Waals surface area contributed by atoms with Crippen LogP contribution in [0.25, 0.3) is 27.8 Å². The molecule has 1 N–H and O–H groups in total. The van der Waals surface area contributed by atoms with Gasteiger partial charge in [-0.05, 0) is 12.1 Å². The first-order chi connectivity index (χ1) is 8.93. The van der Waals surface area contributed by atoms with Crippen LogP contribution in [0.4, 0.5) is 0 Å². The molecule has 0 atom stereocenters. The van der Waals surface area contributed by atoms with Crippen LogP contribution in [-0.2, 0) is 0 Å². The summed E-state index contributed by atoms with van der Waals surface area (Å²) in [5.74, 6) is 0.807. The topological polar surface area (TPSA) is 59.4 Å². The summed E-state index contributed by atoms with van der Waals surface area (Å²) in [6.45, 7) is 0. The fourth-order valence-electron chi connectivity index (χ4n) is 2.24. The Morgan fingerprint density at radius 1 is 1.06 bits per heavy atom. The van der Waals surface area contributed by atoms with Gasteiger partial charge in [0.15, 0.2) is 5.82 Å². The molecule has 4 aromatic heterocycles. The zero-order valence-corrected chi connectivity index (χ0v) is 9.41. The maximum Gasteiger partial charge on any atom is 0.155 e. The second-order valence-corrected chi connectivity index (χ2v) is 4.05. The van der Waals surface area contributed by atoms with E-state index >= 15 is 0 Å². The Balaban J connectivity index is 2.15. The Labute approximate surface area is 102 Å². The molecule has 0 saturated heterocycles. The van der Waals surface area contributed by atoms with E-state index in [4.69, 9.17) is 0 Å². The first kappa shape index (κ1) is 9.35. The highest BCUT2D eigenvalue weighted by molar-refractivity contribution is 6.03. The fraction of sp³-hybridized carbons (Fsp3) is 0. The monoisotopic (exact) mass is 235 g/mol. The molecule has 0 aliphatic carbocycles. The summed E-state index contributed by atoms with van der Waals surface area (Å²) in [6, 6.07) is 4.06. The number of fused-ring (bicyclic) bond motifs is 3. The average molecular weight is 235 g/mol. The highest BCUT2D eigenvalue weighted by Crippen LogP contribution is 2.25. The van der Waals surface area contributed by atoms with Crippen molar-refractivity contribution in [2.24, 2.45) is 0 Å². The van der Waals surface area contributed by atoms with Crippen LogP contribution in [0.1, 0.15) is 0 Å². The largest absolute Gasteiger partial charge is 0.346 e. The molecule has 0 fully saturated rings. The van der Waals surface area contributed by atoms with Crippen LogP contribution >= 0.6 is 0 Å². The molecule has 5 nitrogen and oxygen atoms in total. The highest BCUT2D eigenvalue weighted by Gasteiger charge is 2.09. The Hall–Kier alpha value is -2.69. The SMILES string of the molecule is c1cnc(-n2ccc3cnc4[nH]ccc4c32)cn1. The van der Waals surface area contributed by atoms with E-state index in [0.29, 0.717) is 0 Å². The Morgan fingerprint density at radius 3 is 2.94 bits per heavy atom. The number of aromatic amines is 1. The molecule has 86 valence electrons. The highest BCUT2D eigenvalue weighted by atomic mass is 15.1. The first-order valence-electron chi connectivity index (χ1n) is 5.63. The van der Waals surface area contributed by atoms with Crippen molar-refractivity contribution < 1.29 is 0 Å². The molecule has 0 bridgehead atoms. The van der Waals surface area contributed by atoms with E-state index in [0.717, 1.165) is 27.8 Å². The molecule has 0 spiro atoms. The summed E-state index contributed by atoms with van der Waals surface area (Å²) in [6.07, 6.45) is 10.9. The van der Waals surface area contributed by atoms with Gasteiger partial charge in [0, 0.05) is 41.8 Å². The number of nitrogens with zero attached hydrogens (tertiary/aromatic N) is 4. The third-order valence-corrected chi connectivity index (χ3v) is 3.03. The molecular weight excluding hydrogens is 226 g/mol. The van der Waals surface area contributed by atoms with E-state index < -0.39 is 0 Å². The van der Waals surface area contributed by atoms with Crippen molar-refractivity contribution in [2.45, 2.75) is 0 Å². The predicted molar refractivity (Wildman–Crippen MR) is 68.5 cm³/mol. The minimum absolute atomic E-state index is 0.807. The lowest BCUT2D eigenvalue weighted by molar-refractivity contribution is 1.01. The number of nitrogens with one attached hydrogen (secondary N) is 1. The van der Waals surface area contributed by atoms with Gasteiger partial charge in [-0.15, -0.1) is 0 Å². The van der Waals surface area contributed by atoms with Crippen LogP contribution in [0.2, 0.25) is 0 Å². The van der Waals surface area contributed by atoms with Gasteiger partial charge in [-0.2, -0.15) is 0 Å². The summed E-state index contributed by atoms with van der Waals surface area (Å²) < 4.78 is 2.03. The smallest absolute Gasteiger partial charge is 0.155 e. The standard InChI is InChI=1S/C13H9N5/c1-3-16-13-10(1)12-9(7-17-13)2-6-18(12)11-8-14-4-5-15-11/h1-8H,(H,16,17). The number of H-pyrrole nitrogens is 1. The van der Waals surface area contributed by atoms with Gasteiger partial charge in [0.05, 0.1) is 11.7 Å². The lowest BCUT2D eigenvalue weighted by atomic mass is 10.2. The molecule has 0 unspecified atom stereocenters.